The van der Waals surface area contributed by atoms with E-state index in [1.54, 1.807) is 0 Å². The Kier molecular flexibility index (Phi) is 9.64. The van der Waals surface area contributed by atoms with Crippen LogP contribution in [0, 0.1) is 21.7 Å². The van der Waals surface area contributed by atoms with Crippen molar-refractivity contribution in [3.63, 3.8) is 0 Å². The third-order valence-electron chi connectivity index (χ3n) is 10.5. The van der Waals surface area contributed by atoms with Crippen LogP contribution in [-0.2, 0) is 14.3 Å². The zero-order valence-corrected chi connectivity index (χ0v) is 22.4. The quantitative estimate of drug-likeness (QED) is 0.242. The molecule has 1 aliphatic carbocycles. The van der Waals surface area contributed by atoms with Gasteiger partial charge in [-0.1, -0.05) is 62.3 Å². The van der Waals surface area contributed by atoms with Crippen LogP contribution in [0.2, 0.25) is 0 Å². The summed E-state index contributed by atoms with van der Waals surface area (Å²) in [5.41, 5.74) is -0.568. The largest absolute Gasteiger partial charge is 0.478 e. The summed E-state index contributed by atoms with van der Waals surface area (Å²) in [6, 6.07) is 0. The number of aliphatic carboxylic acids is 1. The average molecular weight is 451 g/mol. The molecular weight excluding hydrogens is 400 g/mol. The molecule has 0 saturated heterocycles. The molecule has 0 heterocycles. The maximum Gasteiger partial charge on any atom is 0.331 e. The molecule has 0 aliphatic heterocycles. The molecule has 1 N–H and O–H groups in total. The Morgan fingerprint density at radius 2 is 1.09 bits per heavy atom. The Labute approximate surface area is 197 Å². The van der Waals surface area contributed by atoms with Gasteiger partial charge in [-0.15, -0.1) is 0 Å². The summed E-state index contributed by atoms with van der Waals surface area (Å²) in [5, 5.41) is 9.04. The maximum absolute atomic E-state index is 13.0. The highest BCUT2D eigenvalue weighted by Gasteiger charge is 2.75. The lowest BCUT2D eigenvalue weighted by molar-refractivity contribution is -0.310. The highest BCUT2D eigenvalue weighted by atomic mass is 16.6. The van der Waals surface area contributed by atoms with Crippen LogP contribution in [0.15, 0.2) is 12.2 Å². The molecule has 0 amide bonds. The predicted molar refractivity (Wildman–Crippen MR) is 133 cm³/mol. The van der Waals surface area contributed by atoms with E-state index in [9.17, 15) is 9.59 Å². The summed E-state index contributed by atoms with van der Waals surface area (Å²) in [6.07, 6.45) is 11.9. The van der Waals surface area contributed by atoms with E-state index >= 15 is 0 Å². The third-order valence-corrected chi connectivity index (χ3v) is 10.5. The van der Waals surface area contributed by atoms with E-state index in [2.05, 4.69) is 62.3 Å². The van der Waals surface area contributed by atoms with Crippen molar-refractivity contribution < 1.29 is 19.4 Å². The summed E-state index contributed by atoms with van der Waals surface area (Å²) >= 11 is 0. The monoisotopic (exact) mass is 450 g/mol. The van der Waals surface area contributed by atoms with Gasteiger partial charge in [0.25, 0.3) is 0 Å². The molecule has 1 unspecified atom stereocenters. The molecule has 0 spiro atoms. The van der Waals surface area contributed by atoms with Crippen molar-refractivity contribution in [2.24, 2.45) is 21.7 Å². The molecule has 0 radical (unpaired) electrons. The number of ether oxygens (including phenoxy) is 1. The van der Waals surface area contributed by atoms with Crippen molar-refractivity contribution in [3.05, 3.63) is 12.2 Å². The van der Waals surface area contributed by atoms with Crippen LogP contribution >= 0.6 is 0 Å². The van der Waals surface area contributed by atoms with Crippen molar-refractivity contribution in [3.8, 4) is 0 Å². The average Bonchev–Trinajstić information content (AvgIpc) is 2.81. The smallest absolute Gasteiger partial charge is 0.331 e. The van der Waals surface area contributed by atoms with E-state index in [4.69, 9.17) is 9.84 Å². The Balaban J connectivity index is 4.07. The van der Waals surface area contributed by atoms with Gasteiger partial charge in [-0.3, -0.25) is 0 Å². The van der Waals surface area contributed by atoms with Crippen LogP contribution in [-0.4, -0.2) is 22.6 Å². The Morgan fingerprint density at radius 1 is 0.656 bits per heavy atom. The minimum atomic E-state index is -1.13. The molecule has 1 fully saturated rings. The standard InChI is InChI=1S/C28H50O4/c1-10-24(11-2)21-28(18-9,32-23(31)20-19-22(29)30)27(16-7,17-8)26(14-5,15-6)25(24,12-3)13-4/h19-20H,10-18,21H2,1-9H3,(H,29,30)/b20-19+. The van der Waals surface area contributed by atoms with Crippen LogP contribution in [0.1, 0.15) is 127 Å². The van der Waals surface area contributed by atoms with E-state index in [0.717, 1.165) is 76.4 Å². The lowest BCUT2D eigenvalue weighted by Gasteiger charge is -2.76. The van der Waals surface area contributed by atoms with Crippen LogP contribution in [0.25, 0.3) is 0 Å². The van der Waals surface area contributed by atoms with Crippen molar-refractivity contribution in [1.82, 2.24) is 0 Å². The van der Waals surface area contributed by atoms with E-state index < -0.39 is 17.5 Å². The van der Waals surface area contributed by atoms with Gasteiger partial charge < -0.3 is 9.84 Å². The Hall–Kier alpha value is -1.32. The molecule has 1 rings (SSSR count). The maximum atomic E-state index is 13.0. The van der Waals surface area contributed by atoms with Gasteiger partial charge in [0.2, 0.25) is 0 Å². The van der Waals surface area contributed by atoms with Crippen LogP contribution in [0.5, 0.6) is 0 Å². The van der Waals surface area contributed by atoms with E-state index in [0.29, 0.717) is 0 Å². The molecule has 0 bridgehead atoms. The lowest BCUT2D eigenvalue weighted by atomic mass is 9.29. The van der Waals surface area contributed by atoms with Gasteiger partial charge in [0.1, 0.15) is 5.60 Å². The minimum Gasteiger partial charge on any atom is -0.478 e. The molecule has 0 aromatic heterocycles. The highest BCUT2D eigenvalue weighted by Crippen LogP contribution is 2.78. The van der Waals surface area contributed by atoms with Crippen molar-refractivity contribution in [1.29, 1.82) is 0 Å². The van der Waals surface area contributed by atoms with Gasteiger partial charge in [0.15, 0.2) is 0 Å². The summed E-state index contributed by atoms with van der Waals surface area (Å²) < 4.78 is 6.49. The number of hydrogen-bond acceptors (Lipinski definition) is 3. The summed E-state index contributed by atoms with van der Waals surface area (Å²) in [4.78, 5) is 24.0. The second-order valence-electron chi connectivity index (χ2n) is 9.97. The topological polar surface area (TPSA) is 63.6 Å². The molecule has 1 atom stereocenters. The fourth-order valence-electron chi connectivity index (χ4n) is 9.35. The molecule has 4 heteroatoms. The second-order valence-corrected chi connectivity index (χ2v) is 9.97. The van der Waals surface area contributed by atoms with Gasteiger partial charge in [0.05, 0.1) is 0 Å². The molecule has 1 aliphatic rings. The minimum absolute atomic E-state index is 0.0179. The SMILES string of the molecule is CCC1(CC)CC(CC)(OC(=O)/C=C/C(=O)O)C(CC)(CC)C(CC)(CC)C1(CC)CC. The van der Waals surface area contributed by atoms with E-state index in [1.807, 2.05) is 0 Å². The van der Waals surface area contributed by atoms with Gasteiger partial charge in [-0.05, 0) is 80.5 Å². The first kappa shape index (κ1) is 28.7. The van der Waals surface area contributed by atoms with Crippen molar-refractivity contribution >= 4 is 11.9 Å². The van der Waals surface area contributed by atoms with Crippen LogP contribution < -0.4 is 0 Å². The molecule has 0 aromatic rings. The number of carboxylic acids is 1. The fourth-order valence-corrected chi connectivity index (χ4v) is 9.35. The number of esters is 1. The third kappa shape index (κ3) is 3.64. The first-order valence-corrected chi connectivity index (χ1v) is 13.2. The highest BCUT2D eigenvalue weighted by molar-refractivity contribution is 5.91. The summed E-state index contributed by atoms with van der Waals surface area (Å²) in [6.45, 7) is 20.8. The van der Waals surface area contributed by atoms with Crippen molar-refractivity contribution in [2.75, 3.05) is 0 Å². The molecule has 32 heavy (non-hydrogen) atoms. The number of carboxylic acid groups (broad SMARTS) is 1. The fraction of sp³-hybridized carbons (Fsp3) is 0.857. The number of hydrogen-bond donors (Lipinski definition) is 1. The Bertz CT molecular complexity index is 661. The Morgan fingerprint density at radius 3 is 1.41 bits per heavy atom. The van der Waals surface area contributed by atoms with Gasteiger partial charge in [-0.25, -0.2) is 9.59 Å². The predicted octanol–water partition coefficient (Wildman–Crippen LogP) is 7.95. The summed E-state index contributed by atoms with van der Waals surface area (Å²) in [7, 11) is 0. The zero-order chi connectivity index (χ0) is 24.8. The normalized spacial score (nSPS) is 25.5. The van der Waals surface area contributed by atoms with Crippen LogP contribution in [0.3, 0.4) is 0 Å². The van der Waals surface area contributed by atoms with Crippen molar-refractivity contribution in [2.45, 2.75) is 132 Å². The molecule has 1 saturated carbocycles. The lowest BCUT2D eigenvalue weighted by Crippen LogP contribution is -2.73. The van der Waals surface area contributed by atoms with Gasteiger partial charge in [-0.2, -0.15) is 0 Å². The van der Waals surface area contributed by atoms with E-state index in [1.165, 1.54) is 0 Å². The zero-order valence-electron chi connectivity index (χ0n) is 22.4. The molecule has 0 aromatic carbocycles. The molecule has 4 nitrogen and oxygen atoms in total. The number of rotatable bonds is 12. The molecule has 186 valence electrons. The van der Waals surface area contributed by atoms with E-state index in [-0.39, 0.29) is 21.7 Å². The molecular formula is C28H50O4. The number of carbonyl (C=O) groups is 2. The second kappa shape index (κ2) is 10.7. The first-order chi connectivity index (χ1) is 15.1. The van der Waals surface area contributed by atoms with Crippen LogP contribution in [0.4, 0.5) is 0 Å². The number of carbonyl (C=O) groups excluding carboxylic acids is 1. The summed E-state index contributed by atoms with van der Waals surface area (Å²) in [5.74, 6) is -1.65. The first-order valence-electron chi connectivity index (χ1n) is 13.2. The van der Waals surface area contributed by atoms with Gasteiger partial charge in [0, 0.05) is 17.6 Å². The van der Waals surface area contributed by atoms with Gasteiger partial charge >= 0.3 is 11.9 Å².